The van der Waals surface area contributed by atoms with E-state index in [4.69, 9.17) is 18.0 Å². The van der Waals surface area contributed by atoms with Crippen molar-refractivity contribution in [1.29, 1.82) is 0 Å². The number of carbonyl (C=O) groups excluding carboxylic acids is 1. The third-order valence-electron chi connectivity index (χ3n) is 3.80. The highest BCUT2D eigenvalue weighted by Crippen LogP contribution is 2.10. The second kappa shape index (κ2) is 9.15. The zero-order chi connectivity index (χ0) is 17.4. The lowest BCUT2D eigenvalue weighted by molar-refractivity contribution is -0.116. The molecule has 24 heavy (non-hydrogen) atoms. The summed E-state index contributed by atoms with van der Waals surface area (Å²) in [5, 5.41) is 2.90. The van der Waals surface area contributed by atoms with Gasteiger partial charge in [0.1, 0.15) is 4.99 Å². The van der Waals surface area contributed by atoms with E-state index >= 15 is 0 Å². The normalized spacial score (nSPS) is 10.6. The fourth-order valence-electron chi connectivity index (χ4n) is 2.39. The van der Waals surface area contributed by atoms with Crippen LogP contribution in [0.25, 0.3) is 0 Å². The highest BCUT2D eigenvalue weighted by molar-refractivity contribution is 7.80. The first-order valence-corrected chi connectivity index (χ1v) is 8.45. The Bertz CT molecular complexity index is 671. The monoisotopic (exact) mass is 341 g/mol. The van der Waals surface area contributed by atoms with Crippen LogP contribution in [0.1, 0.15) is 24.5 Å². The van der Waals surface area contributed by atoms with Gasteiger partial charge in [-0.05, 0) is 36.4 Å². The molecule has 0 spiro atoms. The number of anilines is 1. The molecule has 2 rings (SSSR count). The SMILES string of the molecule is CCN(CCC(=O)Nc1ccc(C(N)=S)cc1)Cc1ccccc1. The largest absolute Gasteiger partial charge is 0.389 e. The maximum Gasteiger partial charge on any atom is 0.225 e. The van der Waals surface area contributed by atoms with E-state index in [-0.39, 0.29) is 5.91 Å². The Morgan fingerprint density at radius 2 is 1.79 bits per heavy atom. The number of nitrogens with one attached hydrogen (secondary N) is 1. The van der Waals surface area contributed by atoms with E-state index in [0.717, 1.165) is 30.9 Å². The van der Waals surface area contributed by atoms with Crippen LogP contribution < -0.4 is 11.1 Å². The van der Waals surface area contributed by atoms with Crippen molar-refractivity contribution in [3.63, 3.8) is 0 Å². The number of hydrogen-bond acceptors (Lipinski definition) is 3. The molecule has 5 heteroatoms. The molecule has 0 atom stereocenters. The summed E-state index contributed by atoms with van der Waals surface area (Å²) in [6, 6.07) is 17.5. The van der Waals surface area contributed by atoms with Crippen LogP contribution in [-0.2, 0) is 11.3 Å². The average Bonchev–Trinajstić information content (AvgIpc) is 2.60. The third kappa shape index (κ3) is 5.76. The maximum atomic E-state index is 12.1. The quantitative estimate of drug-likeness (QED) is 0.724. The standard InChI is InChI=1S/C19H23N3OS/c1-2-22(14-15-6-4-3-5-7-15)13-12-18(23)21-17-10-8-16(9-11-17)19(20)24/h3-11H,2,12-14H2,1H3,(H2,20,24)(H,21,23). The molecule has 0 radical (unpaired) electrons. The smallest absolute Gasteiger partial charge is 0.225 e. The lowest BCUT2D eigenvalue weighted by Crippen LogP contribution is -2.27. The van der Waals surface area contributed by atoms with E-state index in [2.05, 4.69) is 29.3 Å². The van der Waals surface area contributed by atoms with Gasteiger partial charge in [0.15, 0.2) is 0 Å². The minimum atomic E-state index is 0.00425. The molecule has 3 N–H and O–H groups in total. The van der Waals surface area contributed by atoms with E-state index in [1.165, 1.54) is 5.56 Å². The summed E-state index contributed by atoms with van der Waals surface area (Å²) in [7, 11) is 0. The Morgan fingerprint density at radius 3 is 2.38 bits per heavy atom. The number of hydrogen-bond donors (Lipinski definition) is 2. The zero-order valence-corrected chi connectivity index (χ0v) is 14.7. The molecule has 0 saturated heterocycles. The molecule has 2 aromatic carbocycles. The van der Waals surface area contributed by atoms with E-state index in [1.54, 1.807) is 0 Å². The number of carbonyl (C=O) groups is 1. The van der Waals surface area contributed by atoms with Crippen LogP contribution in [0.3, 0.4) is 0 Å². The van der Waals surface area contributed by atoms with Crippen molar-refractivity contribution in [2.24, 2.45) is 5.73 Å². The topological polar surface area (TPSA) is 58.4 Å². The molecule has 1 amide bonds. The molecule has 0 aliphatic rings. The molecular weight excluding hydrogens is 318 g/mol. The van der Waals surface area contributed by atoms with Gasteiger partial charge < -0.3 is 11.1 Å². The fraction of sp³-hybridized carbons (Fsp3) is 0.263. The molecule has 0 heterocycles. The van der Waals surface area contributed by atoms with Crippen LogP contribution in [0, 0.1) is 0 Å². The third-order valence-corrected chi connectivity index (χ3v) is 4.04. The van der Waals surface area contributed by atoms with Gasteiger partial charge in [-0.2, -0.15) is 0 Å². The maximum absolute atomic E-state index is 12.1. The van der Waals surface area contributed by atoms with Gasteiger partial charge in [0.25, 0.3) is 0 Å². The van der Waals surface area contributed by atoms with Gasteiger partial charge in [0.2, 0.25) is 5.91 Å². The molecule has 0 aromatic heterocycles. The van der Waals surface area contributed by atoms with Crippen molar-refractivity contribution in [1.82, 2.24) is 4.90 Å². The highest BCUT2D eigenvalue weighted by Gasteiger charge is 2.08. The van der Waals surface area contributed by atoms with Gasteiger partial charge in [-0.15, -0.1) is 0 Å². The predicted octanol–water partition coefficient (Wildman–Crippen LogP) is 3.17. The van der Waals surface area contributed by atoms with Crippen molar-refractivity contribution in [2.75, 3.05) is 18.4 Å². The molecule has 0 fully saturated rings. The second-order valence-electron chi connectivity index (χ2n) is 5.59. The second-order valence-corrected chi connectivity index (χ2v) is 6.03. The van der Waals surface area contributed by atoms with Gasteiger partial charge in [-0.25, -0.2) is 0 Å². The van der Waals surface area contributed by atoms with E-state index in [1.807, 2.05) is 42.5 Å². The van der Waals surface area contributed by atoms with E-state index < -0.39 is 0 Å². The summed E-state index contributed by atoms with van der Waals surface area (Å²) in [4.78, 5) is 14.7. The molecule has 2 aromatic rings. The molecule has 0 saturated carbocycles. The number of nitrogens with two attached hydrogens (primary N) is 1. The lowest BCUT2D eigenvalue weighted by Gasteiger charge is -2.20. The Balaban J connectivity index is 1.81. The summed E-state index contributed by atoms with van der Waals surface area (Å²) >= 11 is 4.92. The first-order valence-electron chi connectivity index (χ1n) is 8.04. The average molecular weight is 341 g/mol. The lowest BCUT2D eigenvalue weighted by atomic mass is 10.2. The molecule has 0 bridgehead atoms. The summed E-state index contributed by atoms with van der Waals surface area (Å²) in [5.74, 6) is 0.00425. The first-order chi connectivity index (χ1) is 11.6. The summed E-state index contributed by atoms with van der Waals surface area (Å²) < 4.78 is 0. The van der Waals surface area contributed by atoms with Crippen LogP contribution in [0.5, 0.6) is 0 Å². The van der Waals surface area contributed by atoms with Crippen molar-refractivity contribution in [2.45, 2.75) is 19.9 Å². The van der Waals surface area contributed by atoms with Gasteiger partial charge >= 0.3 is 0 Å². The van der Waals surface area contributed by atoms with Crippen LogP contribution in [0.4, 0.5) is 5.69 Å². The predicted molar refractivity (Wildman–Crippen MR) is 103 cm³/mol. The van der Waals surface area contributed by atoms with Crippen LogP contribution in [-0.4, -0.2) is 28.9 Å². The van der Waals surface area contributed by atoms with Gasteiger partial charge in [0.05, 0.1) is 0 Å². The Morgan fingerprint density at radius 1 is 1.12 bits per heavy atom. The van der Waals surface area contributed by atoms with Crippen molar-refractivity contribution < 1.29 is 4.79 Å². The van der Waals surface area contributed by atoms with Gasteiger partial charge in [-0.3, -0.25) is 9.69 Å². The summed E-state index contributed by atoms with van der Waals surface area (Å²) in [5.41, 5.74) is 8.37. The molecular formula is C19H23N3OS. The fourth-order valence-corrected chi connectivity index (χ4v) is 2.53. The Kier molecular flexibility index (Phi) is 6.90. The Hall–Kier alpha value is -2.24. The Labute approximate surface area is 148 Å². The van der Waals surface area contributed by atoms with Crippen molar-refractivity contribution >= 4 is 28.8 Å². The van der Waals surface area contributed by atoms with Crippen molar-refractivity contribution in [3.05, 3.63) is 65.7 Å². The van der Waals surface area contributed by atoms with Crippen LogP contribution >= 0.6 is 12.2 Å². The minimum absolute atomic E-state index is 0.00425. The number of rotatable bonds is 8. The summed E-state index contributed by atoms with van der Waals surface area (Å²) in [6.07, 6.45) is 0.456. The molecule has 126 valence electrons. The van der Waals surface area contributed by atoms with Gasteiger partial charge in [-0.1, -0.05) is 49.5 Å². The van der Waals surface area contributed by atoms with Crippen molar-refractivity contribution in [3.8, 4) is 0 Å². The number of thiocarbonyl (C=S) groups is 1. The minimum Gasteiger partial charge on any atom is -0.389 e. The number of nitrogens with zero attached hydrogens (tertiary/aromatic N) is 1. The summed E-state index contributed by atoms with van der Waals surface area (Å²) in [6.45, 7) is 4.59. The molecule has 0 aliphatic heterocycles. The van der Waals surface area contributed by atoms with Crippen LogP contribution in [0.15, 0.2) is 54.6 Å². The number of amides is 1. The van der Waals surface area contributed by atoms with E-state index in [0.29, 0.717) is 11.4 Å². The van der Waals surface area contributed by atoms with Gasteiger partial charge in [0, 0.05) is 30.8 Å². The zero-order valence-electron chi connectivity index (χ0n) is 13.9. The molecule has 4 nitrogen and oxygen atoms in total. The molecule has 0 aliphatic carbocycles. The van der Waals surface area contributed by atoms with Crippen LogP contribution in [0.2, 0.25) is 0 Å². The highest BCUT2D eigenvalue weighted by atomic mass is 32.1. The first kappa shape index (κ1) is 18.1. The van der Waals surface area contributed by atoms with E-state index in [9.17, 15) is 4.79 Å². The molecule has 0 unspecified atom stereocenters. The number of benzene rings is 2.